The number of thiophene rings is 1. The van der Waals surface area contributed by atoms with Crippen LogP contribution in [-0.4, -0.2) is 27.5 Å². The van der Waals surface area contributed by atoms with Crippen molar-refractivity contribution in [1.82, 2.24) is 4.98 Å². The van der Waals surface area contributed by atoms with Gasteiger partial charge in [-0.1, -0.05) is 31.0 Å². The first-order valence-electron chi connectivity index (χ1n) is 11.9. The number of aromatic nitrogens is 1. The fraction of sp³-hybridized carbons (Fsp3) is 0.300. The highest BCUT2D eigenvalue weighted by Gasteiger charge is 2.40. The summed E-state index contributed by atoms with van der Waals surface area (Å²) in [5.74, 6) is 6.66. The second-order valence-electron chi connectivity index (χ2n) is 10.2. The molecule has 3 heterocycles. The van der Waals surface area contributed by atoms with E-state index in [0.717, 1.165) is 43.9 Å². The predicted octanol–water partition coefficient (Wildman–Crippen LogP) is 6.78. The molecule has 0 amide bonds. The molecule has 1 aliphatic heterocycles. The second kappa shape index (κ2) is 8.41. The van der Waals surface area contributed by atoms with Crippen molar-refractivity contribution in [2.45, 2.75) is 59.1 Å². The summed E-state index contributed by atoms with van der Waals surface area (Å²) in [6, 6.07) is 10.4. The van der Waals surface area contributed by atoms with Crippen LogP contribution in [0.5, 0.6) is 0 Å². The summed E-state index contributed by atoms with van der Waals surface area (Å²) in [5.41, 5.74) is 8.64. The molecule has 0 aliphatic carbocycles. The number of anilines is 1. The Hall–Kier alpha value is -3.33. The number of para-hydroxylation sites is 1. The molecule has 3 N–H and O–H groups in total. The zero-order chi connectivity index (χ0) is 25.1. The van der Waals surface area contributed by atoms with Crippen molar-refractivity contribution in [3.05, 3.63) is 74.6 Å². The summed E-state index contributed by atoms with van der Waals surface area (Å²) < 4.78 is 0. The number of H-pyrrole nitrogens is 1. The molecule has 4 nitrogen and oxygen atoms in total. The van der Waals surface area contributed by atoms with Crippen molar-refractivity contribution >= 4 is 33.7 Å². The van der Waals surface area contributed by atoms with Crippen LogP contribution in [0.4, 0.5) is 5.69 Å². The molecule has 0 saturated carbocycles. The van der Waals surface area contributed by atoms with Crippen LogP contribution in [0.25, 0.3) is 22.0 Å². The number of carbonyl (C=O) groups is 1. The van der Waals surface area contributed by atoms with Gasteiger partial charge in [-0.2, -0.15) is 0 Å². The summed E-state index contributed by atoms with van der Waals surface area (Å²) in [6.45, 7) is 11.9. The van der Waals surface area contributed by atoms with Gasteiger partial charge in [-0.3, -0.25) is 4.79 Å². The van der Waals surface area contributed by atoms with Crippen LogP contribution in [-0.2, 0) is 0 Å². The van der Waals surface area contributed by atoms with Gasteiger partial charge < -0.3 is 15.4 Å². The van der Waals surface area contributed by atoms with Gasteiger partial charge in [0.1, 0.15) is 0 Å². The molecule has 1 aliphatic rings. The molecular weight excluding hydrogens is 452 g/mol. The van der Waals surface area contributed by atoms with Crippen LogP contribution in [0.2, 0.25) is 0 Å². The van der Waals surface area contributed by atoms with Gasteiger partial charge in [-0.05, 0) is 74.7 Å². The lowest BCUT2D eigenvalue weighted by Gasteiger charge is -2.43. The molecule has 0 fully saturated rings. The number of rotatable bonds is 2. The second-order valence-corrected chi connectivity index (χ2v) is 11.1. The number of Topliss-reactive ketones (excluding diaryl/α,β-unsaturated/α-hetero) is 1. The van der Waals surface area contributed by atoms with Crippen LogP contribution in [0.1, 0.15) is 71.1 Å². The number of aromatic amines is 1. The molecule has 2 aromatic carbocycles. The van der Waals surface area contributed by atoms with Crippen LogP contribution < -0.4 is 5.32 Å². The lowest BCUT2D eigenvalue weighted by Crippen LogP contribution is -2.50. The van der Waals surface area contributed by atoms with Crippen molar-refractivity contribution < 1.29 is 9.90 Å². The van der Waals surface area contributed by atoms with Crippen molar-refractivity contribution in [2.24, 2.45) is 0 Å². The summed E-state index contributed by atoms with van der Waals surface area (Å²) in [7, 11) is 0. The average Bonchev–Trinajstić information content (AvgIpc) is 3.44. The summed E-state index contributed by atoms with van der Waals surface area (Å²) >= 11 is 1.48. The topological polar surface area (TPSA) is 65.1 Å². The van der Waals surface area contributed by atoms with Crippen LogP contribution in [0, 0.1) is 25.7 Å². The van der Waals surface area contributed by atoms with Crippen molar-refractivity contribution in [3.63, 3.8) is 0 Å². The maximum Gasteiger partial charge on any atom is 0.161 e. The van der Waals surface area contributed by atoms with E-state index >= 15 is 0 Å². The van der Waals surface area contributed by atoms with E-state index in [9.17, 15) is 9.90 Å². The number of hydrogen-bond acceptors (Lipinski definition) is 4. The number of ketones is 1. The Morgan fingerprint density at radius 2 is 1.89 bits per heavy atom. The molecule has 4 aromatic rings. The van der Waals surface area contributed by atoms with E-state index in [-0.39, 0.29) is 11.7 Å². The molecule has 0 spiro atoms. The summed E-state index contributed by atoms with van der Waals surface area (Å²) in [4.78, 5) is 16.3. The molecule has 0 bridgehead atoms. The first-order valence-corrected chi connectivity index (χ1v) is 12.8. The molecule has 5 heteroatoms. The average molecular weight is 483 g/mol. The highest BCUT2D eigenvalue weighted by atomic mass is 32.1. The quantitative estimate of drug-likeness (QED) is 0.218. The van der Waals surface area contributed by atoms with Gasteiger partial charge in [0, 0.05) is 45.4 Å². The number of fused-ring (bicyclic) bond motifs is 2. The van der Waals surface area contributed by atoms with E-state index in [1.165, 1.54) is 22.3 Å². The van der Waals surface area contributed by atoms with Gasteiger partial charge in [0.2, 0.25) is 0 Å². The maximum absolute atomic E-state index is 12.1. The predicted molar refractivity (Wildman–Crippen MR) is 146 cm³/mol. The smallest absolute Gasteiger partial charge is 0.161 e. The fourth-order valence-corrected chi connectivity index (χ4v) is 6.10. The Morgan fingerprint density at radius 3 is 2.63 bits per heavy atom. The number of aliphatic hydroxyl groups excluding tert-OH is 1. The van der Waals surface area contributed by atoms with E-state index < -0.39 is 11.6 Å². The minimum atomic E-state index is -0.580. The third-order valence-electron chi connectivity index (χ3n) is 7.24. The number of aliphatic hydroxyl groups is 1. The van der Waals surface area contributed by atoms with E-state index in [2.05, 4.69) is 67.2 Å². The number of carbonyl (C=O) groups excluding carboxylic acids is 1. The minimum Gasteiger partial charge on any atom is -0.390 e. The van der Waals surface area contributed by atoms with Gasteiger partial charge in [0.25, 0.3) is 0 Å². The first kappa shape index (κ1) is 23.4. The molecular formula is C30H30N2O2S. The molecule has 0 unspecified atom stereocenters. The Kier molecular flexibility index (Phi) is 5.62. The third-order valence-corrected chi connectivity index (χ3v) is 8.07. The van der Waals surface area contributed by atoms with E-state index in [4.69, 9.17) is 0 Å². The minimum absolute atomic E-state index is 0.0144. The molecule has 2 aromatic heterocycles. The van der Waals surface area contributed by atoms with Crippen LogP contribution >= 0.6 is 11.3 Å². The lowest BCUT2D eigenvalue weighted by atomic mass is 9.75. The number of hydrogen-bond donors (Lipinski definition) is 3. The Morgan fingerprint density at radius 1 is 1.11 bits per heavy atom. The van der Waals surface area contributed by atoms with Crippen molar-refractivity contribution in [1.29, 1.82) is 0 Å². The van der Waals surface area contributed by atoms with E-state index in [1.54, 1.807) is 6.92 Å². The monoisotopic (exact) mass is 482 g/mol. The molecule has 35 heavy (non-hydrogen) atoms. The highest BCUT2D eigenvalue weighted by Crippen LogP contribution is 2.46. The molecule has 0 radical (unpaired) electrons. The number of nitrogens with one attached hydrogen (secondary N) is 2. The number of benzene rings is 2. The fourth-order valence-electron chi connectivity index (χ4n) is 5.31. The number of aryl methyl sites for hydroxylation is 2. The van der Waals surface area contributed by atoms with Gasteiger partial charge in [0.15, 0.2) is 5.78 Å². The molecule has 2 atom stereocenters. The van der Waals surface area contributed by atoms with Gasteiger partial charge >= 0.3 is 0 Å². The summed E-state index contributed by atoms with van der Waals surface area (Å²) in [5, 5.41) is 17.9. The zero-order valence-electron chi connectivity index (χ0n) is 21.0. The zero-order valence-corrected chi connectivity index (χ0v) is 21.8. The van der Waals surface area contributed by atoms with Gasteiger partial charge in [0.05, 0.1) is 22.0 Å². The Balaban J connectivity index is 1.84. The standard InChI is InChI=1S/C30H30N2O2S/c1-16-14-24(23-9-7-8-20-17(2)15-31-28(20)23)22(10-11-25-21(19(4)33)12-13-35-25)26-18(3)29(34)30(5,6)32-27(16)26/h7-9,12-15,18,29,31-32,34H,1-6H3/t18-,29+/m1/s1. The molecule has 5 rings (SSSR count). The lowest BCUT2D eigenvalue weighted by molar-refractivity contribution is 0.0868. The van der Waals surface area contributed by atoms with Crippen molar-refractivity contribution in [2.75, 3.05) is 5.32 Å². The maximum atomic E-state index is 12.1. The Labute approximate surface area is 210 Å². The molecule has 178 valence electrons. The van der Waals surface area contributed by atoms with E-state index in [1.807, 2.05) is 31.5 Å². The first-order chi connectivity index (χ1) is 16.6. The third kappa shape index (κ3) is 3.78. The highest BCUT2D eigenvalue weighted by molar-refractivity contribution is 7.10. The summed E-state index contributed by atoms with van der Waals surface area (Å²) in [6.07, 6.45) is 1.45. The SMILES string of the molecule is CC(=O)c1ccsc1C#Cc1c(-c2cccc3c(C)c[nH]c23)cc(C)c2c1[C@@H](C)[C@H](O)C(C)(C)N2. The normalized spacial score (nSPS) is 18.5. The van der Waals surface area contributed by atoms with Gasteiger partial charge in [-0.25, -0.2) is 0 Å². The van der Waals surface area contributed by atoms with E-state index in [0.29, 0.717) is 5.56 Å². The van der Waals surface area contributed by atoms with Gasteiger partial charge in [-0.15, -0.1) is 11.3 Å². The van der Waals surface area contributed by atoms with Crippen LogP contribution in [0.3, 0.4) is 0 Å². The van der Waals surface area contributed by atoms with Crippen LogP contribution in [0.15, 0.2) is 41.9 Å². The Bertz CT molecular complexity index is 1540. The largest absolute Gasteiger partial charge is 0.390 e. The molecule has 0 saturated heterocycles. The van der Waals surface area contributed by atoms with Crippen molar-refractivity contribution in [3.8, 4) is 23.0 Å².